The first-order valence-corrected chi connectivity index (χ1v) is 7.60. The summed E-state index contributed by atoms with van der Waals surface area (Å²) in [5.74, 6) is 1.66. The van der Waals surface area contributed by atoms with Gasteiger partial charge in [-0.3, -0.25) is 4.79 Å². The van der Waals surface area contributed by atoms with Crippen LogP contribution in [0.2, 0.25) is 0 Å². The first kappa shape index (κ1) is 13.9. The standard InChI is InChI=1S/C16H22N4O/c1-12-7-9-19(10-8-12)15(21)11-20-14-6-4-3-5-13(14)18-16(20)17-2/h3-6,12H,7-11H2,1-2H3,(H,17,18). The number of rotatable bonds is 3. The van der Waals surface area contributed by atoms with Gasteiger partial charge in [0.1, 0.15) is 6.54 Å². The van der Waals surface area contributed by atoms with Crippen LogP contribution in [-0.2, 0) is 11.3 Å². The van der Waals surface area contributed by atoms with E-state index < -0.39 is 0 Å². The third-order valence-corrected chi connectivity index (χ3v) is 4.31. The minimum Gasteiger partial charge on any atom is -0.359 e. The molecule has 1 fully saturated rings. The molecular formula is C16H22N4O. The van der Waals surface area contributed by atoms with E-state index >= 15 is 0 Å². The van der Waals surface area contributed by atoms with Gasteiger partial charge in [-0.25, -0.2) is 4.98 Å². The lowest BCUT2D eigenvalue weighted by Gasteiger charge is -2.30. The number of likely N-dealkylation sites (tertiary alicyclic amines) is 1. The fourth-order valence-electron chi connectivity index (χ4n) is 2.92. The summed E-state index contributed by atoms with van der Waals surface area (Å²) in [6.07, 6.45) is 2.21. The maximum atomic E-state index is 12.5. The van der Waals surface area contributed by atoms with Crippen LogP contribution < -0.4 is 5.32 Å². The highest BCUT2D eigenvalue weighted by molar-refractivity contribution is 5.83. The van der Waals surface area contributed by atoms with Crippen molar-refractivity contribution in [1.29, 1.82) is 0 Å². The fraction of sp³-hybridized carbons (Fsp3) is 0.500. The van der Waals surface area contributed by atoms with Crippen LogP contribution in [0.4, 0.5) is 5.95 Å². The van der Waals surface area contributed by atoms with E-state index in [9.17, 15) is 4.79 Å². The van der Waals surface area contributed by atoms with Gasteiger partial charge in [0.2, 0.25) is 11.9 Å². The molecule has 0 aliphatic carbocycles. The Kier molecular flexibility index (Phi) is 3.82. The number of fused-ring (bicyclic) bond motifs is 1. The molecule has 0 spiro atoms. The summed E-state index contributed by atoms with van der Waals surface area (Å²) in [7, 11) is 1.84. The Labute approximate surface area is 125 Å². The van der Waals surface area contributed by atoms with Gasteiger partial charge in [0.25, 0.3) is 0 Å². The van der Waals surface area contributed by atoms with Gasteiger partial charge in [0.05, 0.1) is 11.0 Å². The van der Waals surface area contributed by atoms with Crippen LogP contribution in [0, 0.1) is 5.92 Å². The van der Waals surface area contributed by atoms with Crippen molar-refractivity contribution >= 4 is 22.9 Å². The Hall–Kier alpha value is -2.04. The van der Waals surface area contributed by atoms with E-state index in [0.717, 1.165) is 48.8 Å². The molecule has 1 aliphatic rings. The van der Waals surface area contributed by atoms with Crippen molar-refractivity contribution in [3.63, 3.8) is 0 Å². The quantitative estimate of drug-likeness (QED) is 0.942. The lowest BCUT2D eigenvalue weighted by atomic mass is 9.99. The summed E-state index contributed by atoms with van der Waals surface area (Å²) < 4.78 is 1.97. The average molecular weight is 286 g/mol. The highest BCUT2D eigenvalue weighted by Crippen LogP contribution is 2.21. The molecule has 1 amide bonds. The van der Waals surface area contributed by atoms with Gasteiger partial charge < -0.3 is 14.8 Å². The van der Waals surface area contributed by atoms with Crippen molar-refractivity contribution in [2.45, 2.75) is 26.3 Å². The molecule has 21 heavy (non-hydrogen) atoms. The Morgan fingerprint density at radius 3 is 2.76 bits per heavy atom. The first-order chi connectivity index (χ1) is 10.2. The van der Waals surface area contributed by atoms with Crippen molar-refractivity contribution in [3.05, 3.63) is 24.3 Å². The molecule has 0 unspecified atom stereocenters. The second-order valence-corrected chi connectivity index (χ2v) is 5.82. The Bertz CT molecular complexity index is 641. The van der Waals surface area contributed by atoms with Gasteiger partial charge in [-0.1, -0.05) is 19.1 Å². The van der Waals surface area contributed by atoms with E-state index in [-0.39, 0.29) is 5.91 Å². The maximum absolute atomic E-state index is 12.5. The first-order valence-electron chi connectivity index (χ1n) is 7.60. The van der Waals surface area contributed by atoms with Gasteiger partial charge in [-0.15, -0.1) is 0 Å². The molecule has 0 radical (unpaired) electrons. The molecule has 1 aromatic heterocycles. The fourth-order valence-corrected chi connectivity index (χ4v) is 2.92. The highest BCUT2D eigenvalue weighted by Gasteiger charge is 2.22. The summed E-state index contributed by atoms with van der Waals surface area (Å²) >= 11 is 0. The zero-order chi connectivity index (χ0) is 14.8. The lowest BCUT2D eigenvalue weighted by molar-refractivity contribution is -0.133. The van der Waals surface area contributed by atoms with E-state index in [2.05, 4.69) is 17.2 Å². The van der Waals surface area contributed by atoms with Crippen molar-refractivity contribution in [2.75, 3.05) is 25.5 Å². The molecule has 0 bridgehead atoms. The Balaban J connectivity index is 1.82. The number of aromatic nitrogens is 2. The number of imidazole rings is 1. The number of hydrogen-bond acceptors (Lipinski definition) is 3. The predicted molar refractivity (Wildman–Crippen MR) is 84.3 cm³/mol. The molecule has 2 heterocycles. The van der Waals surface area contributed by atoms with Crippen LogP contribution in [0.5, 0.6) is 0 Å². The summed E-state index contributed by atoms with van der Waals surface area (Å²) in [5.41, 5.74) is 1.92. The van der Waals surface area contributed by atoms with E-state index in [1.165, 1.54) is 0 Å². The molecule has 1 N–H and O–H groups in total. The Morgan fingerprint density at radius 1 is 1.33 bits per heavy atom. The number of amides is 1. The average Bonchev–Trinajstić information content (AvgIpc) is 2.86. The molecule has 1 aromatic carbocycles. The third-order valence-electron chi connectivity index (χ3n) is 4.31. The molecule has 5 nitrogen and oxygen atoms in total. The summed E-state index contributed by atoms with van der Waals surface area (Å²) in [5, 5.41) is 3.08. The molecule has 5 heteroatoms. The highest BCUT2D eigenvalue weighted by atomic mass is 16.2. The normalized spacial score (nSPS) is 16.4. The molecule has 0 atom stereocenters. The number of piperidine rings is 1. The number of nitrogens with zero attached hydrogens (tertiary/aromatic N) is 3. The summed E-state index contributed by atoms with van der Waals surface area (Å²) in [6, 6.07) is 7.93. The molecule has 1 aliphatic heterocycles. The van der Waals surface area contributed by atoms with Crippen LogP contribution in [-0.4, -0.2) is 40.5 Å². The van der Waals surface area contributed by atoms with Gasteiger partial charge >= 0.3 is 0 Å². The zero-order valence-corrected chi connectivity index (χ0v) is 12.7. The SMILES string of the molecule is CNc1nc2ccccc2n1CC(=O)N1CCC(C)CC1. The second-order valence-electron chi connectivity index (χ2n) is 5.82. The minimum absolute atomic E-state index is 0.182. The van der Waals surface area contributed by atoms with E-state index in [1.807, 2.05) is 40.8 Å². The predicted octanol–water partition coefficient (Wildman–Crippen LogP) is 2.34. The minimum atomic E-state index is 0.182. The molecule has 1 saturated heterocycles. The van der Waals surface area contributed by atoms with Gasteiger partial charge in [0.15, 0.2) is 0 Å². The molecule has 2 aromatic rings. The topological polar surface area (TPSA) is 50.2 Å². The Morgan fingerprint density at radius 2 is 2.05 bits per heavy atom. The van der Waals surface area contributed by atoms with Crippen LogP contribution in [0.25, 0.3) is 11.0 Å². The smallest absolute Gasteiger partial charge is 0.242 e. The molecule has 0 saturated carbocycles. The largest absolute Gasteiger partial charge is 0.359 e. The third kappa shape index (κ3) is 2.73. The number of anilines is 1. The number of para-hydroxylation sites is 2. The van der Waals surface area contributed by atoms with Crippen molar-refractivity contribution in [3.8, 4) is 0 Å². The molecule has 3 rings (SSSR count). The van der Waals surface area contributed by atoms with Crippen LogP contribution in [0.15, 0.2) is 24.3 Å². The van der Waals surface area contributed by atoms with Crippen LogP contribution >= 0.6 is 0 Å². The van der Waals surface area contributed by atoms with Gasteiger partial charge in [-0.2, -0.15) is 0 Å². The second kappa shape index (κ2) is 5.76. The van der Waals surface area contributed by atoms with E-state index in [4.69, 9.17) is 0 Å². The number of carbonyl (C=O) groups is 1. The number of nitrogens with one attached hydrogen (secondary N) is 1. The maximum Gasteiger partial charge on any atom is 0.242 e. The van der Waals surface area contributed by atoms with E-state index in [1.54, 1.807) is 0 Å². The van der Waals surface area contributed by atoms with Crippen LogP contribution in [0.1, 0.15) is 19.8 Å². The number of carbonyl (C=O) groups excluding carboxylic acids is 1. The summed E-state index contributed by atoms with van der Waals surface area (Å²) in [6.45, 7) is 4.36. The van der Waals surface area contributed by atoms with E-state index in [0.29, 0.717) is 6.54 Å². The molecule has 112 valence electrons. The van der Waals surface area contributed by atoms with Gasteiger partial charge in [0, 0.05) is 20.1 Å². The monoisotopic (exact) mass is 286 g/mol. The van der Waals surface area contributed by atoms with Crippen molar-refractivity contribution in [1.82, 2.24) is 14.5 Å². The number of benzene rings is 1. The van der Waals surface area contributed by atoms with Crippen molar-refractivity contribution < 1.29 is 4.79 Å². The molecular weight excluding hydrogens is 264 g/mol. The lowest BCUT2D eigenvalue weighted by Crippen LogP contribution is -2.39. The zero-order valence-electron chi connectivity index (χ0n) is 12.7. The number of hydrogen-bond donors (Lipinski definition) is 1. The van der Waals surface area contributed by atoms with Crippen molar-refractivity contribution in [2.24, 2.45) is 5.92 Å². The summed E-state index contributed by atoms with van der Waals surface area (Å²) in [4.78, 5) is 19.0. The van der Waals surface area contributed by atoms with Gasteiger partial charge in [-0.05, 0) is 30.9 Å². The van der Waals surface area contributed by atoms with Crippen LogP contribution in [0.3, 0.4) is 0 Å².